The number of carbonyl (C=O) groups excluding carboxylic acids is 1. The first kappa shape index (κ1) is 20.4. The molecule has 1 amide bonds. The van der Waals surface area contributed by atoms with E-state index in [1.54, 1.807) is 4.57 Å². The van der Waals surface area contributed by atoms with Crippen molar-refractivity contribution in [2.75, 3.05) is 11.1 Å². The molecule has 0 saturated carbocycles. The van der Waals surface area contributed by atoms with Crippen LogP contribution in [-0.2, 0) is 4.79 Å². The fourth-order valence-corrected chi connectivity index (χ4v) is 4.90. The number of para-hydroxylation sites is 2. The van der Waals surface area contributed by atoms with Crippen molar-refractivity contribution in [1.82, 2.24) is 24.7 Å². The number of hydrogen-bond donors (Lipinski definition) is 2. The van der Waals surface area contributed by atoms with Gasteiger partial charge in [-0.05, 0) is 31.5 Å². The molecule has 8 nitrogen and oxygen atoms in total. The van der Waals surface area contributed by atoms with Crippen LogP contribution in [0.15, 0.2) is 58.5 Å². The number of H-pyrrole nitrogens is 1. The van der Waals surface area contributed by atoms with Gasteiger partial charge in [0.15, 0.2) is 5.16 Å². The molecule has 0 unspecified atom stereocenters. The van der Waals surface area contributed by atoms with Crippen LogP contribution in [0.5, 0.6) is 0 Å². The van der Waals surface area contributed by atoms with E-state index >= 15 is 0 Å². The summed E-state index contributed by atoms with van der Waals surface area (Å²) in [6.45, 7) is 3.76. The van der Waals surface area contributed by atoms with E-state index in [0.29, 0.717) is 21.3 Å². The summed E-state index contributed by atoms with van der Waals surface area (Å²) in [6, 6.07) is 15.3. The van der Waals surface area contributed by atoms with Crippen LogP contribution in [0.2, 0.25) is 0 Å². The first-order valence-corrected chi connectivity index (χ1v) is 11.6. The summed E-state index contributed by atoms with van der Waals surface area (Å²) in [6.07, 6.45) is 0. The van der Waals surface area contributed by atoms with E-state index in [0.717, 1.165) is 27.2 Å². The first-order valence-electron chi connectivity index (χ1n) is 9.83. The Labute approximate surface area is 190 Å². The zero-order valence-corrected chi connectivity index (χ0v) is 18.9. The summed E-state index contributed by atoms with van der Waals surface area (Å²) in [5, 5.41) is 13.1. The lowest BCUT2D eigenvalue weighted by Crippen LogP contribution is -2.23. The van der Waals surface area contributed by atoms with Gasteiger partial charge in [-0.1, -0.05) is 59.5 Å². The minimum Gasteiger partial charge on any atom is -0.349 e. The Hall–Kier alpha value is -3.50. The van der Waals surface area contributed by atoms with Crippen molar-refractivity contribution in [2.24, 2.45) is 0 Å². The van der Waals surface area contributed by atoms with Gasteiger partial charge in [0, 0.05) is 10.9 Å². The molecule has 0 fully saturated rings. The van der Waals surface area contributed by atoms with Gasteiger partial charge in [0.2, 0.25) is 11.0 Å². The summed E-state index contributed by atoms with van der Waals surface area (Å²) < 4.78 is 1.57. The van der Waals surface area contributed by atoms with E-state index in [1.165, 1.54) is 23.1 Å². The summed E-state index contributed by atoms with van der Waals surface area (Å²) in [5.41, 5.74) is 3.33. The monoisotopic (exact) mass is 462 g/mol. The Kier molecular flexibility index (Phi) is 5.24. The highest BCUT2D eigenvalue weighted by Gasteiger charge is 2.19. The second kappa shape index (κ2) is 8.21. The molecule has 10 heteroatoms. The number of benzene rings is 2. The summed E-state index contributed by atoms with van der Waals surface area (Å²) in [5.74, 6) is -0.166. The van der Waals surface area contributed by atoms with E-state index in [2.05, 4.69) is 20.5 Å². The number of aryl methyl sites for hydroxylation is 2. The van der Waals surface area contributed by atoms with Gasteiger partial charge in [0.05, 0.1) is 11.4 Å². The maximum Gasteiger partial charge on any atom is 0.283 e. The number of thioether (sulfide) groups is 1. The molecule has 0 spiro atoms. The van der Waals surface area contributed by atoms with E-state index in [9.17, 15) is 9.59 Å². The van der Waals surface area contributed by atoms with Crippen LogP contribution >= 0.6 is 23.1 Å². The average molecular weight is 463 g/mol. The van der Waals surface area contributed by atoms with Crippen LogP contribution < -0.4 is 10.9 Å². The van der Waals surface area contributed by atoms with Gasteiger partial charge in [0.1, 0.15) is 16.0 Å². The number of rotatable bonds is 5. The molecule has 0 aliphatic rings. The number of nitrogens with one attached hydrogen (secondary N) is 2. The van der Waals surface area contributed by atoms with Crippen LogP contribution in [0.1, 0.15) is 10.6 Å². The lowest BCUT2D eigenvalue weighted by molar-refractivity contribution is -0.113. The van der Waals surface area contributed by atoms with Gasteiger partial charge in [-0.3, -0.25) is 19.5 Å². The molecule has 0 atom stereocenters. The van der Waals surface area contributed by atoms with Gasteiger partial charge in [-0.15, -0.1) is 10.2 Å². The fraction of sp³-hybridized carbons (Fsp3) is 0.136. The molecule has 0 bridgehead atoms. The minimum absolute atomic E-state index is 0.0742. The van der Waals surface area contributed by atoms with Crippen molar-refractivity contribution in [3.8, 4) is 5.69 Å². The Morgan fingerprint density at radius 3 is 2.69 bits per heavy atom. The van der Waals surface area contributed by atoms with E-state index in [4.69, 9.17) is 4.98 Å². The Balaban J connectivity index is 1.60. The molecular formula is C22H18N6O2S2. The summed E-state index contributed by atoms with van der Waals surface area (Å²) >= 11 is 2.52. The highest BCUT2D eigenvalue weighted by Crippen LogP contribution is 2.27. The predicted octanol–water partition coefficient (Wildman–Crippen LogP) is 4.07. The van der Waals surface area contributed by atoms with Gasteiger partial charge >= 0.3 is 0 Å². The van der Waals surface area contributed by atoms with Gasteiger partial charge < -0.3 is 4.98 Å². The van der Waals surface area contributed by atoms with E-state index in [1.807, 2.05) is 62.4 Å². The molecule has 32 heavy (non-hydrogen) atoms. The quantitative estimate of drug-likeness (QED) is 0.301. The van der Waals surface area contributed by atoms with Crippen molar-refractivity contribution in [3.05, 3.63) is 69.5 Å². The zero-order chi connectivity index (χ0) is 22.2. The van der Waals surface area contributed by atoms with Crippen LogP contribution in [0.25, 0.3) is 27.6 Å². The molecule has 2 aromatic carbocycles. The van der Waals surface area contributed by atoms with Crippen LogP contribution in [0.4, 0.5) is 5.13 Å². The van der Waals surface area contributed by atoms with Crippen LogP contribution in [0.3, 0.4) is 0 Å². The standard InChI is InChI=1S/C22H18N6O2S2/c1-12-7-3-6-10-16(12)28-20(30)19-18(14-8-4-5-9-15(14)23-19)25-22(28)31-11-17(29)24-21-27-26-13(2)32-21/h3-10,23H,11H2,1-2H3,(H,24,27,29). The normalized spacial score (nSPS) is 11.3. The molecule has 0 radical (unpaired) electrons. The molecule has 5 rings (SSSR count). The van der Waals surface area contributed by atoms with Crippen molar-refractivity contribution >= 4 is 56.1 Å². The maximum atomic E-state index is 13.6. The Morgan fingerprint density at radius 1 is 1.12 bits per heavy atom. The second-order valence-corrected chi connectivity index (χ2v) is 9.30. The number of aromatic nitrogens is 5. The smallest absolute Gasteiger partial charge is 0.283 e. The molecular weight excluding hydrogens is 444 g/mol. The molecule has 0 aliphatic heterocycles. The SMILES string of the molecule is Cc1nnc(NC(=O)CSc2nc3c([nH]c4ccccc43)c(=O)n2-c2ccccc2C)s1. The molecule has 2 N–H and O–H groups in total. The maximum absolute atomic E-state index is 13.6. The molecule has 160 valence electrons. The van der Waals surface area contributed by atoms with Crippen molar-refractivity contribution in [3.63, 3.8) is 0 Å². The molecule has 0 aliphatic carbocycles. The minimum atomic E-state index is -0.240. The van der Waals surface area contributed by atoms with Crippen molar-refractivity contribution < 1.29 is 4.79 Å². The topological polar surface area (TPSA) is 106 Å². The van der Waals surface area contributed by atoms with Gasteiger partial charge in [-0.25, -0.2) is 4.98 Å². The third kappa shape index (κ3) is 3.67. The number of nitrogens with zero attached hydrogens (tertiary/aromatic N) is 4. The number of carbonyl (C=O) groups is 1. The predicted molar refractivity (Wildman–Crippen MR) is 128 cm³/mol. The average Bonchev–Trinajstić information content (AvgIpc) is 3.36. The first-order chi connectivity index (χ1) is 15.5. The third-order valence-corrected chi connectivity index (χ3v) is 6.65. The summed E-state index contributed by atoms with van der Waals surface area (Å²) in [4.78, 5) is 34.1. The number of amides is 1. The van der Waals surface area contributed by atoms with Crippen LogP contribution in [-0.4, -0.2) is 36.4 Å². The van der Waals surface area contributed by atoms with Crippen molar-refractivity contribution in [2.45, 2.75) is 19.0 Å². The Morgan fingerprint density at radius 2 is 1.91 bits per heavy atom. The lowest BCUT2D eigenvalue weighted by Gasteiger charge is -2.14. The molecule has 3 aromatic heterocycles. The number of hydrogen-bond acceptors (Lipinski definition) is 7. The lowest BCUT2D eigenvalue weighted by atomic mass is 10.2. The zero-order valence-electron chi connectivity index (χ0n) is 17.2. The van der Waals surface area contributed by atoms with Gasteiger partial charge in [-0.2, -0.15) is 0 Å². The largest absolute Gasteiger partial charge is 0.349 e. The third-order valence-electron chi connectivity index (χ3n) is 4.96. The van der Waals surface area contributed by atoms with Gasteiger partial charge in [0.25, 0.3) is 5.56 Å². The number of anilines is 1. The highest BCUT2D eigenvalue weighted by atomic mass is 32.2. The second-order valence-electron chi connectivity index (χ2n) is 7.18. The van der Waals surface area contributed by atoms with E-state index < -0.39 is 0 Å². The molecule has 5 aromatic rings. The Bertz CT molecular complexity index is 1530. The fourth-order valence-electron chi connectivity index (χ4n) is 3.50. The highest BCUT2D eigenvalue weighted by molar-refractivity contribution is 7.99. The number of fused-ring (bicyclic) bond motifs is 3. The van der Waals surface area contributed by atoms with E-state index in [-0.39, 0.29) is 17.2 Å². The molecule has 3 heterocycles. The summed E-state index contributed by atoms with van der Waals surface area (Å²) in [7, 11) is 0. The number of aromatic amines is 1. The van der Waals surface area contributed by atoms with Crippen molar-refractivity contribution in [1.29, 1.82) is 0 Å². The van der Waals surface area contributed by atoms with Crippen LogP contribution in [0, 0.1) is 13.8 Å². The molecule has 0 saturated heterocycles.